The van der Waals surface area contributed by atoms with E-state index in [1.54, 1.807) is 12.1 Å². The first-order valence-electron chi connectivity index (χ1n) is 9.04. The smallest absolute Gasteiger partial charge is 0.272 e. The van der Waals surface area contributed by atoms with Crippen LogP contribution in [-0.2, 0) is 6.42 Å². The van der Waals surface area contributed by atoms with Gasteiger partial charge in [-0.1, -0.05) is 67.8 Å². The first-order valence-corrected chi connectivity index (χ1v) is 9.04. The average Bonchev–Trinajstić information content (AvgIpc) is 2.67. The molecule has 1 fully saturated rings. The quantitative estimate of drug-likeness (QED) is 0.357. The molecule has 138 valence electrons. The summed E-state index contributed by atoms with van der Waals surface area (Å²) in [6.45, 7) is 0. The van der Waals surface area contributed by atoms with Crippen molar-refractivity contribution in [2.45, 2.75) is 44.6 Å². The molecule has 3 rings (SSSR count). The van der Waals surface area contributed by atoms with Gasteiger partial charge in [-0.15, -0.1) is 12.4 Å². The van der Waals surface area contributed by atoms with Crippen molar-refractivity contribution in [3.05, 3.63) is 75.8 Å². The molecular formula is C21H25ClN2O2. The highest BCUT2D eigenvalue weighted by atomic mass is 35.5. The Kier molecular flexibility index (Phi) is 7.79. The Labute approximate surface area is 160 Å². The van der Waals surface area contributed by atoms with Gasteiger partial charge in [0.05, 0.1) is 11.0 Å². The van der Waals surface area contributed by atoms with E-state index in [-0.39, 0.29) is 29.1 Å². The Morgan fingerprint density at radius 1 is 1.04 bits per heavy atom. The SMILES string of the molecule is Cl.O=[N+]([O-])c1ccccc1CC(/N=C/C1CCCCC1)c1ccccc1. The molecule has 2 aromatic carbocycles. The van der Waals surface area contributed by atoms with E-state index in [0.29, 0.717) is 12.3 Å². The summed E-state index contributed by atoms with van der Waals surface area (Å²) < 4.78 is 0. The number of benzene rings is 2. The van der Waals surface area contributed by atoms with Crippen LogP contribution < -0.4 is 0 Å². The standard InChI is InChI=1S/C21H24N2O2.ClH/c24-23(25)21-14-8-7-13-19(21)15-20(18-11-5-2-6-12-18)22-16-17-9-3-1-4-10-17;/h2,5-8,11-14,16-17,20H,1,3-4,9-10,15H2;1H/b22-16+;. The van der Waals surface area contributed by atoms with E-state index >= 15 is 0 Å². The second kappa shape index (κ2) is 10.1. The molecule has 0 aromatic heterocycles. The van der Waals surface area contributed by atoms with Crippen molar-refractivity contribution in [3.8, 4) is 0 Å². The van der Waals surface area contributed by atoms with Crippen LogP contribution in [0, 0.1) is 16.0 Å². The van der Waals surface area contributed by atoms with Gasteiger partial charge in [-0.2, -0.15) is 0 Å². The molecule has 4 nitrogen and oxygen atoms in total. The minimum absolute atomic E-state index is 0. The number of hydrogen-bond donors (Lipinski definition) is 0. The second-order valence-electron chi connectivity index (χ2n) is 6.71. The Morgan fingerprint density at radius 2 is 1.69 bits per heavy atom. The van der Waals surface area contributed by atoms with Gasteiger partial charge in [0.2, 0.25) is 0 Å². The van der Waals surface area contributed by atoms with Crippen LogP contribution in [-0.4, -0.2) is 11.1 Å². The molecule has 0 amide bonds. The summed E-state index contributed by atoms with van der Waals surface area (Å²) in [4.78, 5) is 15.9. The molecular weight excluding hydrogens is 348 g/mol. The minimum atomic E-state index is -0.303. The molecule has 5 heteroatoms. The summed E-state index contributed by atoms with van der Waals surface area (Å²) in [7, 11) is 0. The maximum Gasteiger partial charge on any atom is 0.272 e. The Morgan fingerprint density at radius 3 is 2.38 bits per heavy atom. The van der Waals surface area contributed by atoms with Crippen molar-refractivity contribution in [2.24, 2.45) is 10.9 Å². The lowest BCUT2D eigenvalue weighted by atomic mass is 9.90. The lowest BCUT2D eigenvalue weighted by Gasteiger charge is -2.19. The number of nitro groups is 1. The van der Waals surface area contributed by atoms with Gasteiger partial charge >= 0.3 is 0 Å². The zero-order valence-corrected chi connectivity index (χ0v) is 15.6. The molecule has 0 spiro atoms. The van der Waals surface area contributed by atoms with E-state index in [0.717, 1.165) is 11.1 Å². The van der Waals surface area contributed by atoms with Crippen molar-refractivity contribution in [3.63, 3.8) is 0 Å². The molecule has 1 aliphatic rings. The van der Waals surface area contributed by atoms with Crippen LogP contribution in [0.3, 0.4) is 0 Å². The van der Waals surface area contributed by atoms with Crippen LogP contribution >= 0.6 is 12.4 Å². The predicted molar refractivity (Wildman–Crippen MR) is 108 cm³/mol. The molecule has 0 N–H and O–H groups in total. The molecule has 1 saturated carbocycles. The van der Waals surface area contributed by atoms with E-state index in [1.165, 1.54) is 32.1 Å². The number of aliphatic imine (C=N–C) groups is 1. The topological polar surface area (TPSA) is 55.5 Å². The number of nitrogens with zero attached hydrogens (tertiary/aromatic N) is 2. The van der Waals surface area contributed by atoms with Crippen molar-refractivity contribution >= 4 is 24.3 Å². The molecule has 2 aromatic rings. The van der Waals surface area contributed by atoms with E-state index < -0.39 is 0 Å². The van der Waals surface area contributed by atoms with Gasteiger partial charge in [0.1, 0.15) is 0 Å². The van der Waals surface area contributed by atoms with Gasteiger partial charge in [0.25, 0.3) is 5.69 Å². The van der Waals surface area contributed by atoms with Crippen LogP contribution in [0.25, 0.3) is 0 Å². The average molecular weight is 373 g/mol. The van der Waals surface area contributed by atoms with Gasteiger partial charge in [0.15, 0.2) is 0 Å². The van der Waals surface area contributed by atoms with Gasteiger partial charge < -0.3 is 0 Å². The Bertz CT molecular complexity index is 728. The molecule has 1 atom stereocenters. The first-order chi connectivity index (χ1) is 12.2. The highest BCUT2D eigenvalue weighted by Crippen LogP contribution is 2.29. The number of rotatable bonds is 6. The van der Waals surface area contributed by atoms with E-state index in [9.17, 15) is 10.1 Å². The summed E-state index contributed by atoms with van der Waals surface area (Å²) in [6, 6.07) is 17.0. The fourth-order valence-corrected chi connectivity index (χ4v) is 3.51. The van der Waals surface area contributed by atoms with E-state index in [4.69, 9.17) is 4.99 Å². The van der Waals surface area contributed by atoms with Crippen LogP contribution in [0.1, 0.15) is 49.3 Å². The Hall–Kier alpha value is -2.20. The van der Waals surface area contributed by atoms with Crippen molar-refractivity contribution in [1.29, 1.82) is 0 Å². The summed E-state index contributed by atoms with van der Waals surface area (Å²) in [5.74, 6) is 0.547. The van der Waals surface area contributed by atoms with E-state index in [2.05, 4.69) is 18.3 Å². The molecule has 0 bridgehead atoms. The number of nitro benzene ring substituents is 1. The zero-order chi connectivity index (χ0) is 17.5. The molecule has 0 radical (unpaired) electrons. The minimum Gasteiger partial charge on any atom is -0.289 e. The van der Waals surface area contributed by atoms with Crippen LogP contribution in [0.2, 0.25) is 0 Å². The normalized spacial score (nSPS) is 16.2. The summed E-state index contributed by atoms with van der Waals surface area (Å²) in [5, 5.41) is 11.3. The number of para-hydroxylation sites is 1. The van der Waals surface area contributed by atoms with Crippen LogP contribution in [0.4, 0.5) is 5.69 Å². The third-order valence-electron chi connectivity index (χ3n) is 4.91. The molecule has 26 heavy (non-hydrogen) atoms. The highest BCUT2D eigenvalue weighted by Gasteiger charge is 2.19. The van der Waals surface area contributed by atoms with Crippen molar-refractivity contribution < 1.29 is 4.92 Å². The fraction of sp³-hybridized carbons (Fsp3) is 0.381. The Balaban J connectivity index is 0.00000243. The molecule has 0 aliphatic heterocycles. The van der Waals surface area contributed by atoms with Crippen LogP contribution in [0.15, 0.2) is 59.6 Å². The monoisotopic (exact) mass is 372 g/mol. The molecule has 1 unspecified atom stereocenters. The third kappa shape index (κ3) is 5.40. The van der Waals surface area contributed by atoms with Gasteiger partial charge in [-0.05, 0) is 24.3 Å². The number of halogens is 1. The lowest BCUT2D eigenvalue weighted by molar-refractivity contribution is -0.385. The highest BCUT2D eigenvalue weighted by molar-refractivity contribution is 5.85. The predicted octanol–water partition coefficient (Wildman–Crippen LogP) is 5.95. The zero-order valence-electron chi connectivity index (χ0n) is 14.8. The first kappa shape index (κ1) is 20.1. The van der Waals surface area contributed by atoms with Crippen molar-refractivity contribution in [1.82, 2.24) is 0 Å². The summed E-state index contributed by atoms with van der Waals surface area (Å²) in [5.41, 5.74) is 2.02. The summed E-state index contributed by atoms with van der Waals surface area (Å²) >= 11 is 0. The lowest BCUT2D eigenvalue weighted by Crippen LogP contribution is -2.09. The largest absolute Gasteiger partial charge is 0.289 e. The summed E-state index contributed by atoms with van der Waals surface area (Å²) in [6.07, 6.45) is 8.93. The second-order valence-corrected chi connectivity index (χ2v) is 6.71. The maximum absolute atomic E-state index is 11.3. The van der Waals surface area contributed by atoms with Gasteiger partial charge in [0, 0.05) is 24.3 Å². The number of hydrogen-bond acceptors (Lipinski definition) is 3. The van der Waals surface area contributed by atoms with Gasteiger partial charge in [-0.3, -0.25) is 15.1 Å². The van der Waals surface area contributed by atoms with Crippen molar-refractivity contribution in [2.75, 3.05) is 0 Å². The molecule has 0 heterocycles. The maximum atomic E-state index is 11.3. The van der Waals surface area contributed by atoms with E-state index in [1.807, 2.05) is 30.3 Å². The van der Waals surface area contributed by atoms with Crippen LogP contribution in [0.5, 0.6) is 0 Å². The fourth-order valence-electron chi connectivity index (χ4n) is 3.51. The molecule has 1 aliphatic carbocycles. The molecule has 0 saturated heterocycles. The van der Waals surface area contributed by atoms with Gasteiger partial charge in [-0.25, -0.2) is 0 Å². The third-order valence-corrected chi connectivity index (χ3v) is 4.91.